The maximum absolute atomic E-state index is 6.32. The van der Waals surface area contributed by atoms with Gasteiger partial charge < -0.3 is 9.32 Å². The number of hydrogen-bond acceptors (Lipinski definition) is 3. The predicted octanol–water partition coefficient (Wildman–Crippen LogP) is 4.80. The van der Waals surface area contributed by atoms with Gasteiger partial charge in [-0.25, -0.2) is 4.98 Å². The summed E-state index contributed by atoms with van der Waals surface area (Å²) in [6.45, 7) is 9.19. The number of fused-ring (bicyclic) bond motifs is 6. The maximum Gasteiger partial charge on any atom is 0.227 e. The zero-order valence-corrected chi connectivity index (χ0v) is 14.7. The SMILES string of the molecule is Cc1ccc2c(n1)oc1c(C3C4CCN(CC4)C3C)c(C)ccc12. The van der Waals surface area contributed by atoms with E-state index in [9.17, 15) is 0 Å². The molecule has 3 saturated heterocycles. The van der Waals surface area contributed by atoms with E-state index in [-0.39, 0.29) is 0 Å². The first-order chi connectivity index (χ1) is 11.6. The van der Waals surface area contributed by atoms with E-state index in [0.29, 0.717) is 12.0 Å². The quantitative estimate of drug-likeness (QED) is 0.645. The minimum Gasteiger partial charge on any atom is -0.437 e. The molecule has 6 rings (SSSR count). The molecular weight excluding hydrogens is 296 g/mol. The second-order valence-electron chi connectivity index (χ2n) is 7.72. The van der Waals surface area contributed by atoms with Crippen molar-refractivity contribution in [2.24, 2.45) is 5.92 Å². The summed E-state index contributed by atoms with van der Waals surface area (Å²) in [6, 6.07) is 9.32. The third-order valence-corrected chi connectivity index (χ3v) is 6.41. The molecule has 3 fully saturated rings. The predicted molar refractivity (Wildman–Crippen MR) is 97.5 cm³/mol. The maximum atomic E-state index is 6.32. The molecule has 3 aromatic rings. The van der Waals surface area contributed by atoms with Crippen LogP contribution in [0.3, 0.4) is 0 Å². The number of piperidine rings is 3. The molecule has 124 valence electrons. The molecule has 2 aromatic heterocycles. The zero-order valence-electron chi connectivity index (χ0n) is 14.7. The van der Waals surface area contributed by atoms with E-state index in [2.05, 4.69) is 48.0 Å². The fourth-order valence-corrected chi connectivity index (χ4v) is 5.13. The Labute approximate surface area is 142 Å². The Hall–Kier alpha value is -1.87. The molecule has 0 spiro atoms. The Kier molecular flexibility index (Phi) is 3.05. The number of nitrogens with zero attached hydrogens (tertiary/aromatic N) is 2. The van der Waals surface area contributed by atoms with Crippen LogP contribution in [0.1, 0.15) is 42.5 Å². The number of aromatic nitrogens is 1. The lowest BCUT2D eigenvalue weighted by Gasteiger charge is -2.50. The Morgan fingerprint density at radius 3 is 2.54 bits per heavy atom. The zero-order chi connectivity index (χ0) is 16.4. The first-order valence-corrected chi connectivity index (χ1v) is 9.17. The molecule has 24 heavy (non-hydrogen) atoms. The summed E-state index contributed by atoms with van der Waals surface area (Å²) in [6.07, 6.45) is 2.64. The lowest BCUT2D eigenvalue weighted by atomic mass is 9.70. The largest absolute Gasteiger partial charge is 0.437 e. The van der Waals surface area contributed by atoms with Crippen molar-refractivity contribution in [1.82, 2.24) is 9.88 Å². The molecule has 2 unspecified atom stereocenters. The molecular formula is C21H24N2O. The van der Waals surface area contributed by atoms with Crippen LogP contribution < -0.4 is 0 Å². The standard InChI is InChI=1S/C21H24N2O/c1-12-4-6-16-17-7-5-13(2)22-21(17)24-20(16)18(12)19-14(3)23-10-8-15(19)9-11-23/h4-7,14-15,19H,8-11H2,1-3H3. The van der Waals surface area contributed by atoms with E-state index in [1.54, 1.807) is 0 Å². The van der Waals surface area contributed by atoms with Gasteiger partial charge >= 0.3 is 0 Å². The normalized spacial score (nSPS) is 29.6. The Bertz CT molecular complexity index is 932. The van der Waals surface area contributed by atoms with Crippen LogP contribution in [0, 0.1) is 19.8 Å². The van der Waals surface area contributed by atoms with E-state index in [1.165, 1.54) is 42.4 Å². The molecule has 3 nitrogen and oxygen atoms in total. The van der Waals surface area contributed by atoms with Crippen molar-refractivity contribution in [3.8, 4) is 0 Å². The van der Waals surface area contributed by atoms with Gasteiger partial charge in [-0.1, -0.05) is 12.1 Å². The van der Waals surface area contributed by atoms with Crippen LogP contribution in [-0.2, 0) is 0 Å². The number of hydrogen-bond donors (Lipinski definition) is 0. The van der Waals surface area contributed by atoms with Crippen LogP contribution in [0.5, 0.6) is 0 Å². The summed E-state index contributed by atoms with van der Waals surface area (Å²) in [7, 11) is 0. The summed E-state index contributed by atoms with van der Waals surface area (Å²) < 4.78 is 6.32. The molecule has 0 aliphatic carbocycles. The van der Waals surface area contributed by atoms with Gasteiger partial charge in [-0.2, -0.15) is 0 Å². The number of rotatable bonds is 1. The van der Waals surface area contributed by atoms with Gasteiger partial charge in [-0.15, -0.1) is 0 Å². The van der Waals surface area contributed by atoms with Gasteiger partial charge in [0, 0.05) is 34.0 Å². The van der Waals surface area contributed by atoms with E-state index in [4.69, 9.17) is 4.42 Å². The van der Waals surface area contributed by atoms with Gasteiger partial charge in [0.05, 0.1) is 0 Å². The van der Waals surface area contributed by atoms with Gasteiger partial charge in [0.25, 0.3) is 0 Å². The average Bonchev–Trinajstić information content (AvgIpc) is 2.94. The van der Waals surface area contributed by atoms with E-state index in [1.807, 2.05) is 6.92 Å². The van der Waals surface area contributed by atoms with E-state index < -0.39 is 0 Å². The number of benzene rings is 1. The van der Waals surface area contributed by atoms with Crippen LogP contribution in [0.4, 0.5) is 0 Å². The Balaban J connectivity index is 1.78. The van der Waals surface area contributed by atoms with Gasteiger partial charge in [-0.05, 0) is 70.3 Å². The third-order valence-electron chi connectivity index (χ3n) is 6.41. The molecule has 3 aliphatic rings. The van der Waals surface area contributed by atoms with E-state index >= 15 is 0 Å². The second kappa shape index (κ2) is 5.06. The minimum absolute atomic E-state index is 0.581. The third kappa shape index (κ3) is 1.91. The van der Waals surface area contributed by atoms with Crippen LogP contribution in [0.15, 0.2) is 28.7 Å². The topological polar surface area (TPSA) is 29.3 Å². The molecule has 3 heteroatoms. The first kappa shape index (κ1) is 14.5. The summed E-state index contributed by atoms with van der Waals surface area (Å²) in [5.74, 6) is 1.37. The minimum atomic E-state index is 0.581. The summed E-state index contributed by atoms with van der Waals surface area (Å²) in [4.78, 5) is 7.28. The Morgan fingerprint density at radius 1 is 1.04 bits per heavy atom. The van der Waals surface area contributed by atoms with Gasteiger partial charge in [0.1, 0.15) is 5.58 Å². The molecule has 0 amide bonds. The lowest BCUT2D eigenvalue weighted by Crippen LogP contribution is -2.52. The van der Waals surface area contributed by atoms with Crippen molar-refractivity contribution >= 4 is 22.1 Å². The fraction of sp³-hybridized carbons (Fsp3) is 0.476. The summed E-state index contributed by atoms with van der Waals surface area (Å²) in [5, 5.41) is 2.37. The first-order valence-electron chi connectivity index (χ1n) is 9.17. The molecule has 0 N–H and O–H groups in total. The lowest BCUT2D eigenvalue weighted by molar-refractivity contribution is 0.0350. The van der Waals surface area contributed by atoms with Crippen molar-refractivity contribution in [3.05, 3.63) is 41.1 Å². The molecule has 2 bridgehead atoms. The van der Waals surface area contributed by atoms with Crippen molar-refractivity contribution in [3.63, 3.8) is 0 Å². The van der Waals surface area contributed by atoms with Crippen molar-refractivity contribution in [2.75, 3.05) is 13.1 Å². The van der Waals surface area contributed by atoms with Crippen LogP contribution >= 0.6 is 0 Å². The highest BCUT2D eigenvalue weighted by atomic mass is 16.3. The van der Waals surface area contributed by atoms with Gasteiger partial charge in [-0.3, -0.25) is 0 Å². The van der Waals surface area contributed by atoms with Crippen molar-refractivity contribution < 1.29 is 4.42 Å². The smallest absolute Gasteiger partial charge is 0.227 e. The Morgan fingerprint density at radius 2 is 1.79 bits per heavy atom. The summed E-state index contributed by atoms with van der Waals surface area (Å²) >= 11 is 0. The van der Waals surface area contributed by atoms with Crippen LogP contribution in [0.25, 0.3) is 22.1 Å². The van der Waals surface area contributed by atoms with E-state index in [0.717, 1.165) is 28.3 Å². The monoisotopic (exact) mass is 320 g/mol. The summed E-state index contributed by atoms with van der Waals surface area (Å²) in [5.41, 5.74) is 5.67. The molecule has 0 radical (unpaired) electrons. The number of pyridine rings is 1. The second-order valence-corrected chi connectivity index (χ2v) is 7.72. The highest BCUT2D eigenvalue weighted by Gasteiger charge is 2.42. The number of aryl methyl sites for hydroxylation is 2. The highest BCUT2D eigenvalue weighted by molar-refractivity contribution is 6.05. The van der Waals surface area contributed by atoms with Crippen molar-refractivity contribution in [1.29, 1.82) is 0 Å². The van der Waals surface area contributed by atoms with Gasteiger partial charge in [0.15, 0.2) is 0 Å². The highest BCUT2D eigenvalue weighted by Crippen LogP contribution is 2.47. The van der Waals surface area contributed by atoms with Crippen LogP contribution in [0.2, 0.25) is 0 Å². The molecule has 5 heterocycles. The molecule has 1 aromatic carbocycles. The van der Waals surface area contributed by atoms with Crippen molar-refractivity contribution in [2.45, 2.75) is 45.6 Å². The molecule has 3 aliphatic heterocycles. The molecule has 2 atom stereocenters. The van der Waals surface area contributed by atoms with Gasteiger partial charge in [0.2, 0.25) is 5.71 Å². The fourth-order valence-electron chi connectivity index (χ4n) is 5.13. The van der Waals surface area contributed by atoms with Crippen LogP contribution in [-0.4, -0.2) is 29.0 Å². The average molecular weight is 320 g/mol. The number of furan rings is 1. The molecule has 0 saturated carbocycles.